The fourth-order valence-corrected chi connectivity index (χ4v) is 5.74. The number of likely N-dealkylation sites (tertiary alicyclic amines) is 1. The third-order valence-corrected chi connectivity index (χ3v) is 8.14. The van der Waals surface area contributed by atoms with E-state index in [-0.39, 0.29) is 30.2 Å². The fraction of sp³-hybridized carbons (Fsp3) is 0.750. The predicted molar refractivity (Wildman–Crippen MR) is 152 cm³/mol. The largest absolute Gasteiger partial charge is 0.493 e. The molecule has 2 saturated carbocycles. The van der Waals surface area contributed by atoms with E-state index in [4.69, 9.17) is 9.26 Å². The van der Waals surface area contributed by atoms with Crippen LogP contribution in [-0.4, -0.2) is 62.1 Å². The standard InChI is InChI=1S/C26H38N2O3.C2H7N.2ClH/c1-19-24(30-16-21-4-5-21)9-7-22-23(27-31-25(19)22)8-6-20-10-14-28(15-11-20)17-26(18-29)12-2-3-13-26;1-3-2;;/h7,9,20-21,29H,2-6,8,10-18H2,1H3;3H,1-2H3;2*1H. The molecule has 36 heavy (non-hydrogen) atoms. The number of hydrogen-bond acceptors (Lipinski definition) is 6. The summed E-state index contributed by atoms with van der Waals surface area (Å²) in [4.78, 5) is 2.61. The average Bonchev–Trinajstić information content (AvgIpc) is 3.40. The van der Waals surface area contributed by atoms with Crippen molar-refractivity contribution in [3.8, 4) is 5.75 Å². The highest BCUT2D eigenvalue weighted by Crippen LogP contribution is 2.39. The molecule has 3 aliphatic rings. The lowest BCUT2D eigenvalue weighted by atomic mass is 9.84. The summed E-state index contributed by atoms with van der Waals surface area (Å²) in [5.74, 6) is 2.45. The molecule has 1 aromatic heterocycles. The molecule has 8 heteroatoms. The Morgan fingerprint density at radius 2 is 1.75 bits per heavy atom. The number of aromatic nitrogens is 1. The van der Waals surface area contributed by atoms with Crippen LogP contribution in [0.4, 0.5) is 0 Å². The molecule has 6 nitrogen and oxygen atoms in total. The van der Waals surface area contributed by atoms with Crippen LogP contribution in [0.25, 0.3) is 11.0 Å². The Morgan fingerprint density at radius 3 is 2.36 bits per heavy atom. The van der Waals surface area contributed by atoms with Crippen molar-refractivity contribution >= 4 is 35.8 Å². The highest BCUT2D eigenvalue weighted by atomic mass is 35.5. The van der Waals surface area contributed by atoms with Crippen LogP contribution in [0.5, 0.6) is 5.75 Å². The first-order valence-electron chi connectivity index (χ1n) is 13.5. The highest BCUT2D eigenvalue weighted by molar-refractivity contribution is 5.86. The topological polar surface area (TPSA) is 70.8 Å². The minimum Gasteiger partial charge on any atom is -0.493 e. The molecule has 2 heterocycles. The van der Waals surface area contributed by atoms with Gasteiger partial charge >= 0.3 is 0 Å². The van der Waals surface area contributed by atoms with E-state index >= 15 is 0 Å². The van der Waals surface area contributed by atoms with Crippen LogP contribution < -0.4 is 10.1 Å². The number of rotatable bonds is 9. The summed E-state index contributed by atoms with van der Waals surface area (Å²) in [6.07, 6.45) is 12.3. The Balaban J connectivity index is 0.000000871. The Bertz CT molecular complexity index is 905. The van der Waals surface area contributed by atoms with Crippen molar-refractivity contribution in [2.75, 3.05) is 46.9 Å². The molecule has 2 N–H and O–H groups in total. The SMILES string of the molecule is CNC.Cc1c(OCC2CC2)ccc2c(CCC3CCN(CC4(CO)CCCC4)CC3)noc12.Cl.Cl. The Kier molecular flexibility index (Phi) is 12.8. The summed E-state index contributed by atoms with van der Waals surface area (Å²) in [5.41, 5.74) is 3.25. The molecule has 0 amide bonds. The number of benzene rings is 1. The average molecular weight is 545 g/mol. The maximum Gasteiger partial charge on any atom is 0.173 e. The molecule has 0 spiro atoms. The van der Waals surface area contributed by atoms with Gasteiger partial charge in [-0.15, -0.1) is 24.8 Å². The summed E-state index contributed by atoms with van der Waals surface area (Å²) in [6.45, 7) is 6.71. The molecule has 2 aromatic rings. The Hall–Kier alpha value is -1.05. The van der Waals surface area contributed by atoms with Gasteiger partial charge in [-0.2, -0.15) is 0 Å². The number of piperidine rings is 1. The van der Waals surface area contributed by atoms with Gasteiger partial charge in [-0.1, -0.05) is 18.0 Å². The molecule has 5 rings (SSSR count). The lowest BCUT2D eigenvalue weighted by Gasteiger charge is -2.38. The van der Waals surface area contributed by atoms with E-state index in [1.165, 1.54) is 70.9 Å². The number of halogens is 2. The van der Waals surface area contributed by atoms with E-state index < -0.39 is 0 Å². The van der Waals surface area contributed by atoms with Gasteiger partial charge in [0.05, 0.1) is 12.3 Å². The van der Waals surface area contributed by atoms with Gasteiger partial charge in [0.15, 0.2) is 5.58 Å². The van der Waals surface area contributed by atoms with Crippen LogP contribution in [0, 0.1) is 24.2 Å². The minimum absolute atomic E-state index is 0. The molecule has 0 atom stereocenters. The van der Waals surface area contributed by atoms with Crippen molar-refractivity contribution in [3.63, 3.8) is 0 Å². The first-order valence-corrected chi connectivity index (χ1v) is 13.5. The van der Waals surface area contributed by atoms with Gasteiger partial charge in [0.25, 0.3) is 0 Å². The summed E-state index contributed by atoms with van der Waals surface area (Å²) < 4.78 is 11.7. The summed E-state index contributed by atoms with van der Waals surface area (Å²) in [5, 5.41) is 18.2. The fourth-order valence-electron chi connectivity index (χ4n) is 5.74. The van der Waals surface area contributed by atoms with E-state index in [9.17, 15) is 5.11 Å². The second-order valence-electron chi connectivity index (χ2n) is 11.1. The first kappa shape index (κ1) is 31.2. The molecule has 0 unspecified atom stereocenters. The molecule has 2 aliphatic carbocycles. The van der Waals surface area contributed by atoms with Gasteiger partial charge in [0.2, 0.25) is 0 Å². The minimum atomic E-state index is 0. The second-order valence-corrected chi connectivity index (χ2v) is 11.1. The molecular weight excluding hydrogens is 497 g/mol. The number of ether oxygens (including phenoxy) is 1. The Morgan fingerprint density at radius 1 is 1.08 bits per heavy atom. The van der Waals surface area contributed by atoms with E-state index in [0.29, 0.717) is 6.61 Å². The third kappa shape index (κ3) is 7.97. The highest BCUT2D eigenvalue weighted by Gasteiger charge is 2.35. The smallest absolute Gasteiger partial charge is 0.173 e. The molecule has 1 aliphatic heterocycles. The lowest BCUT2D eigenvalue weighted by Crippen LogP contribution is -2.42. The lowest BCUT2D eigenvalue weighted by molar-refractivity contribution is 0.0602. The van der Waals surface area contributed by atoms with Crippen LogP contribution in [0.3, 0.4) is 0 Å². The zero-order valence-electron chi connectivity index (χ0n) is 22.4. The molecule has 0 bridgehead atoms. The van der Waals surface area contributed by atoms with Crippen molar-refractivity contribution < 1.29 is 14.4 Å². The number of aliphatic hydroxyl groups excluding tert-OH is 1. The second kappa shape index (κ2) is 14.8. The molecule has 206 valence electrons. The molecule has 1 aromatic carbocycles. The number of nitrogens with one attached hydrogen (secondary N) is 1. The van der Waals surface area contributed by atoms with Crippen molar-refractivity contribution in [1.82, 2.24) is 15.4 Å². The van der Waals surface area contributed by atoms with Crippen LogP contribution in [-0.2, 0) is 6.42 Å². The number of aryl methyl sites for hydroxylation is 2. The van der Waals surface area contributed by atoms with Gasteiger partial charge in [-0.3, -0.25) is 0 Å². The van der Waals surface area contributed by atoms with Gasteiger partial charge in [0.1, 0.15) is 5.75 Å². The van der Waals surface area contributed by atoms with E-state index in [2.05, 4.69) is 34.4 Å². The normalized spacial score (nSPS) is 19.8. The van der Waals surface area contributed by atoms with Gasteiger partial charge in [-0.25, -0.2) is 0 Å². The van der Waals surface area contributed by atoms with E-state index in [0.717, 1.165) is 59.4 Å². The monoisotopic (exact) mass is 543 g/mol. The summed E-state index contributed by atoms with van der Waals surface area (Å²) in [7, 11) is 3.75. The van der Waals surface area contributed by atoms with Gasteiger partial charge in [-0.05, 0) is 109 Å². The van der Waals surface area contributed by atoms with Crippen molar-refractivity contribution in [2.24, 2.45) is 17.3 Å². The van der Waals surface area contributed by atoms with Crippen molar-refractivity contribution in [3.05, 3.63) is 23.4 Å². The van der Waals surface area contributed by atoms with Crippen LogP contribution in [0.2, 0.25) is 0 Å². The van der Waals surface area contributed by atoms with Crippen molar-refractivity contribution in [2.45, 2.75) is 71.1 Å². The maximum atomic E-state index is 9.92. The van der Waals surface area contributed by atoms with Crippen LogP contribution in [0.1, 0.15) is 69.0 Å². The third-order valence-electron chi connectivity index (χ3n) is 8.14. The quantitative estimate of drug-likeness (QED) is 0.416. The van der Waals surface area contributed by atoms with Gasteiger partial charge in [0, 0.05) is 29.5 Å². The van der Waals surface area contributed by atoms with Crippen LogP contribution in [0.15, 0.2) is 16.7 Å². The van der Waals surface area contributed by atoms with E-state index in [1.807, 2.05) is 14.1 Å². The molecule has 0 radical (unpaired) electrons. The Labute approximate surface area is 229 Å². The number of hydrogen-bond donors (Lipinski definition) is 2. The maximum absolute atomic E-state index is 9.92. The zero-order chi connectivity index (χ0) is 24.0. The molecular formula is C28H47Cl2N3O3. The van der Waals surface area contributed by atoms with Crippen molar-refractivity contribution in [1.29, 1.82) is 0 Å². The number of fused-ring (bicyclic) bond motifs is 1. The summed E-state index contributed by atoms with van der Waals surface area (Å²) >= 11 is 0. The molecule has 3 fully saturated rings. The van der Waals surface area contributed by atoms with E-state index in [1.54, 1.807) is 0 Å². The zero-order valence-corrected chi connectivity index (χ0v) is 24.0. The predicted octanol–water partition coefficient (Wildman–Crippen LogP) is 5.80. The number of aliphatic hydroxyl groups is 1. The first-order chi connectivity index (χ1) is 16.6. The molecule has 1 saturated heterocycles. The van der Waals surface area contributed by atoms with Crippen LogP contribution >= 0.6 is 24.8 Å². The van der Waals surface area contributed by atoms with Gasteiger partial charge < -0.3 is 24.6 Å². The number of nitrogens with zero attached hydrogens (tertiary/aromatic N) is 2. The summed E-state index contributed by atoms with van der Waals surface area (Å²) in [6, 6.07) is 4.23.